The quantitative estimate of drug-likeness (QED) is 0.729. The molecule has 3 heterocycles. The Hall–Kier alpha value is -2.73. The highest BCUT2D eigenvalue weighted by molar-refractivity contribution is 5.88. The zero-order valence-corrected chi connectivity index (χ0v) is 16.5. The van der Waals surface area contributed by atoms with Crippen LogP contribution >= 0.6 is 0 Å². The molecule has 1 aromatic carbocycles. The maximum absolute atomic E-state index is 5.47. The van der Waals surface area contributed by atoms with E-state index in [1.807, 2.05) is 12.1 Å². The van der Waals surface area contributed by atoms with Crippen LogP contribution in [0.5, 0.6) is 11.8 Å². The number of methoxy groups -OCH3 is 2. The number of H-pyrrole nitrogens is 1. The Bertz CT molecular complexity index is 1010. The van der Waals surface area contributed by atoms with Crippen LogP contribution in [0.1, 0.15) is 23.5 Å². The minimum absolute atomic E-state index is 0.325. The standard InChI is InChI=1S/C22H26N4O2/c1-26-12-14(24-18-7-8-20(27-2)25-22(18)28-3)10-16-15-5-4-6-17-21(15)13(11-23-17)9-19(16)26/h4-8,11,14,16,19,23-24H,9-10,12H2,1-3H3/t14-,16?,19-/m1/s1. The largest absolute Gasteiger partial charge is 0.481 e. The van der Waals surface area contributed by atoms with Crippen molar-refractivity contribution in [2.45, 2.75) is 30.8 Å². The third-order valence-corrected chi connectivity index (χ3v) is 6.32. The van der Waals surface area contributed by atoms with E-state index < -0.39 is 0 Å². The van der Waals surface area contributed by atoms with E-state index in [0.29, 0.717) is 29.8 Å². The molecule has 2 N–H and O–H groups in total. The third kappa shape index (κ3) is 2.71. The molecule has 6 nitrogen and oxygen atoms in total. The summed E-state index contributed by atoms with van der Waals surface area (Å²) in [4.78, 5) is 10.4. The molecule has 1 aliphatic carbocycles. The molecule has 3 aromatic rings. The second-order valence-corrected chi connectivity index (χ2v) is 7.89. The highest BCUT2D eigenvalue weighted by Crippen LogP contribution is 2.43. The van der Waals surface area contributed by atoms with Gasteiger partial charge in [-0.3, -0.25) is 0 Å². The van der Waals surface area contributed by atoms with Gasteiger partial charge in [-0.1, -0.05) is 12.1 Å². The smallest absolute Gasteiger partial charge is 0.240 e. The maximum atomic E-state index is 5.47. The average Bonchev–Trinajstić information content (AvgIpc) is 3.13. The number of ether oxygens (including phenoxy) is 2. The summed E-state index contributed by atoms with van der Waals surface area (Å²) in [6.45, 7) is 0.992. The van der Waals surface area contributed by atoms with Crippen molar-refractivity contribution in [1.29, 1.82) is 0 Å². The number of aromatic amines is 1. The highest BCUT2D eigenvalue weighted by atomic mass is 16.5. The van der Waals surface area contributed by atoms with E-state index in [2.05, 4.69) is 51.6 Å². The molecule has 2 aliphatic rings. The van der Waals surface area contributed by atoms with E-state index in [4.69, 9.17) is 9.47 Å². The van der Waals surface area contributed by atoms with Crippen LogP contribution in [0, 0.1) is 0 Å². The molecule has 0 bridgehead atoms. The van der Waals surface area contributed by atoms with Gasteiger partial charge in [-0.15, -0.1) is 0 Å². The molecular formula is C22H26N4O2. The lowest BCUT2D eigenvalue weighted by atomic mass is 9.74. The molecule has 3 atom stereocenters. The monoisotopic (exact) mass is 378 g/mol. The Labute approximate surface area is 164 Å². The molecule has 0 amide bonds. The molecule has 6 heteroatoms. The number of aromatic nitrogens is 2. The fourth-order valence-corrected chi connectivity index (χ4v) is 5.07. The number of piperidine rings is 1. The van der Waals surface area contributed by atoms with Crippen molar-refractivity contribution in [2.24, 2.45) is 0 Å². The van der Waals surface area contributed by atoms with Gasteiger partial charge in [-0.2, -0.15) is 4.98 Å². The Morgan fingerprint density at radius 3 is 2.89 bits per heavy atom. The topological polar surface area (TPSA) is 62.4 Å². The van der Waals surface area contributed by atoms with Crippen LogP contribution < -0.4 is 14.8 Å². The SMILES string of the molecule is COc1ccc(N[C@@H]2CC3c4cccc5[nH]cc(c45)C[C@H]3N(C)C2)c(OC)n1. The molecule has 0 radical (unpaired) electrons. The van der Waals surface area contributed by atoms with E-state index in [0.717, 1.165) is 25.1 Å². The van der Waals surface area contributed by atoms with Crippen LogP contribution in [-0.2, 0) is 6.42 Å². The number of likely N-dealkylation sites (tertiary alicyclic amines) is 1. The van der Waals surface area contributed by atoms with Gasteiger partial charge in [0.05, 0.1) is 19.9 Å². The molecule has 1 unspecified atom stereocenters. The number of nitrogens with one attached hydrogen (secondary N) is 2. The van der Waals surface area contributed by atoms with E-state index in [1.54, 1.807) is 14.2 Å². The van der Waals surface area contributed by atoms with Gasteiger partial charge in [0.1, 0.15) is 0 Å². The van der Waals surface area contributed by atoms with Crippen LogP contribution in [0.25, 0.3) is 10.9 Å². The Morgan fingerprint density at radius 1 is 1.18 bits per heavy atom. The van der Waals surface area contributed by atoms with Crippen LogP contribution in [0.3, 0.4) is 0 Å². The number of rotatable bonds is 4. The van der Waals surface area contributed by atoms with Gasteiger partial charge in [-0.05, 0) is 43.1 Å². The predicted octanol–water partition coefficient (Wildman–Crippen LogP) is 3.40. The van der Waals surface area contributed by atoms with Gasteiger partial charge in [-0.25, -0.2) is 0 Å². The fraction of sp³-hybridized carbons (Fsp3) is 0.409. The average molecular weight is 378 g/mol. The molecule has 0 spiro atoms. The number of fused-ring (bicyclic) bond motifs is 2. The molecule has 5 rings (SSSR count). The molecule has 28 heavy (non-hydrogen) atoms. The van der Waals surface area contributed by atoms with Gasteiger partial charge in [0, 0.05) is 47.7 Å². The van der Waals surface area contributed by atoms with Crippen molar-refractivity contribution in [1.82, 2.24) is 14.9 Å². The van der Waals surface area contributed by atoms with E-state index in [1.165, 1.54) is 22.0 Å². The summed E-state index contributed by atoms with van der Waals surface area (Å²) in [7, 11) is 5.50. The van der Waals surface area contributed by atoms with Crippen molar-refractivity contribution in [3.63, 3.8) is 0 Å². The van der Waals surface area contributed by atoms with E-state index in [-0.39, 0.29) is 0 Å². The molecule has 0 saturated carbocycles. The summed E-state index contributed by atoms with van der Waals surface area (Å²) in [6.07, 6.45) is 4.39. The summed E-state index contributed by atoms with van der Waals surface area (Å²) in [5, 5.41) is 5.10. The summed E-state index contributed by atoms with van der Waals surface area (Å²) in [6, 6.07) is 11.4. The third-order valence-electron chi connectivity index (χ3n) is 6.32. The summed E-state index contributed by atoms with van der Waals surface area (Å²) >= 11 is 0. The normalized spacial score (nSPS) is 24.0. The summed E-state index contributed by atoms with van der Waals surface area (Å²) in [5.74, 6) is 1.64. The number of hydrogen-bond donors (Lipinski definition) is 2. The van der Waals surface area contributed by atoms with Crippen molar-refractivity contribution < 1.29 is 9.47 Å². The lowest BCUT2D eigenvalue weighted by Crippen LogP contribution is -2.51. The summed E-state index contributed by atoms with van der Waals surface area (Å²) < 4.78 is 10.7. The number of hydrogen-bond acceptors (Lipinski definition) is 5. The number of likely N-dealkylation sites (N-methyl/N-ethyl adjacent to an activating group) is 1. The molecular weight excluding hydrogens is 352 g/mol. The van der Waals surface area contributed by atoms with Crippen LogP contribution in [0.4, 0.5) is 5.69 Å². The van der Waals surface area contributed by atoms with E-state index in [9.17, 15) is 0 Å². The zero-order valence-electron chi connectivity index (χ0n) is 16.5. The van der Waals surface area contributed by atoms with Crippen LogP contribution in [-0.4, -0.2) is 54.8 Å². The molecule has 146 valence electrons. The Morgan fingerprint density at radius 2 is 2.07 bits per heavy atom. The molecule has 1 saturated heterocycles. The van der Waals surface area contributed by atoms with Crippen LogP contribution in [0.2, 0.25) is 0 Å². The van der Waals surface area contributed by atoms with Crippen molar-refractivity contribution in [3.05, 3.63) is 47.7 Å². The van der Waals surface area contributed by atoms with Gasteiger partial charge < -0.3 is 24.7 Å². The second-order valence-electron chi connectivity index (χ2n) is 7.89. The van der Waals surface area contributed by atoms with Gasteiger partial charge >= 0.3 is 0 Å². The fourth-order valence-electron chi connectivity index (χ4n) is 5.07. The van der Waals surface area contributed by atoms with Crippen LogP contribution in [0.15, 0.2) is 36.5 Å². The first-order valence-corrected chi connectivity index (χ1v) is 9.82. The lowest BCUT2D eigenvalue weighted by molar-refractivity contribution is 0.147. The highest BCUT2D eigenvalue weighted by Gasteiger charge is 2.39. The molecule has 2 aromatic heterocycles. The van der Waals surface area contributed by atoms with Crippen molar-refractivity contribution in [3.8, 4) is 11.8 Å². The first-order valence-electron chi connectivity index (χ1n) is 9.82. The number of anilines is 1. The molecule has 1 fully saturated rings. The predicted molar refractivity (Wildman–Crippen MR) is 111 cm³/mol. The minimum Gasteiger partial charge on any atom is -0.481 e. The van der Waals surface area contributed by atoms with Crippen molar-refractivity contribution >= 4 is 16.6 Å². The lowest BCUT2D eigenvalue weighted by Gasteiger charge is -2.46. The summed E-state index contributed by atoms with van der Waals surface area (Å²) in [5.41, 5.74) is 5.09. The van der Waals surface area contributed by atoms with Gasteiger partial charge in [0.2, 0.25) is 11.8 Å². The van der Waals surface area contributed by atoms with Gasteiger partial charge in [0.15, 0.2) is 0 Å². The zero-order chi connectivity index (χ0) is 19.3. The first-order chi connectivity index (χ1) is 13.7. The Balaban J connectivity index is 1.45. The first kappa shape index (κ1) is 17.4. The minimum atomic E-state index is 0.325. The number of pyridine rings is 1. The second kappa shape index (κ2) is 6.71. The van der Waals surface area contributed by atoms with E-state index >= 15 is 0 Å². The Kier molecular flexibility index (Phi) is 4.16. The maximum Gasteiger partial charge on any atom is 0.240 e. The molecule has 1 aliphatic heterocycles. The van der Waals surface area contributed by atoms with Gasteiger partial charge in [0.25, 0.3) is 0 Å². The number of nitrogens with zero attached hydrogens (tertiary/aromatic N) is 2. The number of benzene rings is 1. The van der Waals surface area contributed by atoms with Crippen molar-refractivity contribution in [2.75, 3.05) is 33.1 Å².